The zero-order valence-corrected chi connectivity index (χ0v) is 13.7. The molecule has 1 aromatic rings. The molecule has 126 valence electrons. The predicted molar refractivity (Wildman–Crippen MR) is 87.4 cm³/mol. The summed E-state index contributed by atoms with van der Waals surface area (Å²) >= 11 is 0. The summed E-state index contributed by atoms with van der Waals surface area (Å²) in [6.07, 6.45) is 1.91. The topological polar surface area (TPSA) is 76.7 Å². The van der Waals surface area contributed by atoms with Crippen molar-refractivity contribution >= 4 is 17.5 Å². The number of amides is 2. The maximum atomic E-state index is 12.4. The van der Waals surface area contributed by atoms with E-state index in [9.17, 15) is 9.59 Å². The van der Waals surface area contributed by atoms with Crippen molar-refractivity contribution < 1.29 is 19.1 Å². The van der Waals surface area contributed by atoms with Gasteiger partial charge in [-0.1, -0.05) is 0 Å². The Hall–Kier alpha value is -2.08. The summed E-state index contributed by atoms with van der Waals surface area (Å²) in [5, 5.41) is 5.63. The summed E-state index contributed by atoms with van der Waals surface area (Å²) in [5.41, 5.74) is -0.247. The van der Waals surface area contributed by atoms with Crippen molar-refractivity contribution in [1.82, 2.24) is 5.32 Å². The molecule has 0 aliphatic heterocycles. The van der Waals surface area contributed by atoms with E-state index >= 15 is 0 Å². The molecule has 0 spiro atoms. The van der Waals surface area contributed by atoms with Gasteiger partial charge in [0.15, 0.2) is 0 Å². The van der Waals surface area contributed by atoms with Crippen LogP contribution >= 0.6 is 0 Å². The van der Waals surface area contributed by atoms with Gasteiger partial charge in [0.2, 0.25) is 11.8 Å². The van der Waals surface area contributed by atoms with Gasteiger partial charge >= 0.3 is 0 Å². The summed E-state index contributed by atoms with van der Waals surface area (Å²) in [6, 6.07) is 7.14. The molecular weight excluding hydrogens is 296 g/mol. The van der Waals surface area contributed by atoms with Crippen LogP contribution in [0.2, 0.25) is 0 Å². The SMILES string of the molecule is CCOc1ccc(NC(=O)C2(C(=O)NCCCOC)CC2)cc1. The van der Waals surface area contributed by atoms with Gasteiger partial charge in [0.25, 0.3) is 0 Å². The van der Waals surface area contributed by atoms with Crippen molar-refractivity contribution in [2.45, 2.75) is 26.2 Å². The quantitative estimate of drug-likeness (QED) is 0.539. The molecule has 0 saturated heterocycles. The van der Waals surface area contributed by atoms with E-state index in [-0.39, 0.29) is 11.8 Å². The third-order valence-corrected chi connectivity index (χ3v) is 3.85. The van der Waals surface area contributed by atoms with Crippen LogP contribution in [0.4, 0.5) is 5.69 Å². The Bertz CT molecular complexity index is 538. The van der Waals surface area contributed by atoms with Crippen LogP contribution in [0.1, 0.15) is 26.2 Å². The molecule has 1 saturated carbocycles. The van der Waals surface area contributed by atoms with Gasteiger partial charge in [-0.3, -0.25) is 9.59 Å². The molecule has 1 aromatic carbocycles. The van der Waals surface area contributed by atoms with Gasteiger partial charge in [-0.05, 0) is 50.5 Å². The Balaban J connectivity index is 1.87. The average molecular weight is 320 g/mol. The van der Waals surface area contributed by atoms with E-state index in [0.717, 1.165) is 12.2 Å². The first-order valence-corrected chi connectivity index (χ1v) is 7.94. The molecule has 1 aliphatic rings. The molecule has 2 amide bonds. The van der Waals surface area contributed by atoms with Gasteiger partial charge < -0.3 is 20.1 Å². The minimum Gasteiger partial charge on any atom is -0.494 e. The van der Waals surface area contributed by atoms with Gasteiger partial charge in [-0.25, -0.2) is 0 Å². The number of carbonyl (C=O) groups is 2. The first-order valence-electron chi connectivity index (χ1n) is 7.94. The van der Waals surface area contributed by atoms with Crippen LogP contribution in [0.25, 0.3) is 0 Å². The highest BCUT2D eigenvalue weighted by Crippen LogP contribution is 2.46. The average Bonchev–Trinajstić information content (AvgIpc) is 3.35. The van der Waals surface area contributed by atoms with Gasteiger partial charge in [-0.15, -0.1) is 0 Å². The highest BCUT2D eigenvalue weighted by molar-refractivity contribution is 6.13. The smallest absolute Gasteiger partial charge is 0.240 e. The largest absolute Gasteiger partial charge is 0.494 e. The normalized spacial score (nSPS) is 14.9. The maximum absolute atomic E-state index is 12.4. The molecule has 0 atom stereocenters. The molecule has 6 nitrogen and oxygen atoms in total. The van der Waals surface area contributed by atoms with Crippen molar-refractivity contribution in [3.63, 3.8) is 0 Å². The standard InChI is InChI=1S/C17H24N2O4/c1-3-23-14-7-5-13(6-8-14)19-16(21)17(9-10-17)15(20)18-11-4-12-22-2/h5-8H,3-4,9-12H2,1-2H3,(H,18,20)(H,19,21). The second-order valence-electron chi connectivity index (χ2n) is 5.60. The highest BCUT2D eigenvalue weighted by atomic mass is 16.5. The van der Waals surface area contributed by atoms with Gasteiger partial charge in [-0.2, -0.15) is 0 Å². The minimum absolute atomic E-state index is 0.197. The summed E-state index contributed by atoms with van der Waals surface area (Å²) < 4.78 is 10.3. The number of nitrogens with one attached hydrogen (secondary N) is 2. The molecule has 0 bridgehead atoms. The molecule has 6 heteroatoms. The van der Waals surface area contributed by atoms with Crippen LogP contribution < -0.4 is 15.4 Å². The third kappa shape index (κ3) is 4.45. The van der Waals surface area contributed by atoms with Gasteiger partial charge in [0, 0.05) is 25.9 Å². The monoisotopic (exact) mass is 320 g/mol. The van der Waals surface area contributed by atoms with Crippen LogP contribution in [0, 0.1) is 5.41 Å². The van der Waals surface area contributed by atoms with Crippen molar-refractivity contribution in [2.75, 3.05) is 32.2 Å². The van der Waals surface area contributed by atoms with E-state index in [1.807, 2.05) is 6.92 Å². The van der Waals surface area contributed by atoms with Crippen LogP contribution in [-0.4, -0.2) is 38.7 Å². The number of rotatable bonds is 9. The Morgan fingerprint density at radius 3 is 2.43 bits per heavy atom. The Morgan fingerprint density at radius 1 is 1.17 bits per heavy atom. The zero-order chi connectivity index (χ0) is 16.7. The number of ether oxygens (including phenoxy) is 2. The molecule has 0 unspecified atom stereocenters. The molecule has 0 heterocycles. The van der Waals surface area contributed by atoms with Crippen LogP contribution in [0.15, 0.2) is 24.3 Å². The molecular formula is C17H24N2O4. The highest BCUT2D eigenvalue weighted by Gasteiger charge is 2.56. The summed E-state index contributed by atoms with van der Waals surface area (Å²) in [4.78, 5) is 24.6. The lowest BCUT2D eigenvalue weighted by molar-refractivity contribution is -0.134. The van der Waals surface area contributed by atoms with E-state index in [2.05, 4.69) is 10.6 Å². The lowest BCUT2D eigenvalue weighted by Gasteiger charge is -2.15. The maximum Gasteiger partial charge on any atom is 0.240 e. The fraction of sp³-hybridized carbons (Fsp3) is 0.529. The number of carbonyl (C=O) groups excluding carboxylic acids is 2. The molecule has 1 aliphatic carbocycles. The molecule has 0 radical (unpaired) electrons. The lowest BCUT2D eigenvalue weighted by atomic mass is 10.0. The number of hydrogen-bond donors (Lipinski definition) is 2. The molecule has 2 N–H and O–H groups in total. The number of benzene rings is 1. The predicted octanol–water partition coefficient (Wildman–Crippen LogP) is 1.96. The van der Waals surface area contributed by atoms with Gasteiger partial charge in [0.05, 0.1) is 6.61 Å². The second-order valence-corrected chi connectivity index (χ2v) is 5.60. The van der Waals surface area contributed by atoms with E-state index in [1.54, 1.807) is 31.4 Å². The molecule has 2 rings (SSSR count). The number of hydrogen-bond acceptors (Lipinski definition) is 4. The molecule has 0 aromatic heterocycles. The van der Waals surface area contributed by atoms with Crippen molar-refractivity contribution in [2.24, 2.45) is 5.41 Å². The van der Waals surface area contributed by atoms with Crippen LogP contribution in [0.5, 0.6) is 5.75 Å². The molecule has 23 heavy (non-hydrogen) atoms. The Morgan fingerprint density at radius 2 is 1.87 bits per heavy atom. The van der Waals surface area contributed by atoms with Crippen LogP contribution in [0.3, 0.4) is 0 Å². The van der Waals surface area contributed by atoms with Gasteiger partial charge in [0.1, 0.15) is 11.2 Å². The summed E-state index contributed by atoms with van der Waals surface area (Å²) in [6.45, 7) is 3.62. The van der Waals surface area contributed by atoms with E-state index in [0.29, 0.717) is 38.3 Å². The van der Waals surface area contributed by atoms with E-state index in [1.165, 1.54) is 0 Å². The Kier molecular flexibility index (Phi) is 5.98. The summed E-state index contributed by atoms with van der Waals surface area (Å²) in [5.74, 6) is 0.311. The van der Waals surface area contributed by atoms with Crippen molar-refractivity contribution in [3.05, 3.63) is 24.3 Å². The first kappa shape index (κ1) is 17.3. The third-order valence-electron chi connectivity index (χ3n) is 3.85. The van der Waals surface area contributed by atoms with Crippen molar-refractivity contribution in [3.8, 4) is 5.75 Å². The number of anilines is 1. The second kappa shape index (κ2) is 7.97. The fourth-order valence-electron chi connectivity index (χ4n) is 2.32. The number of methoxy groups -OCH3 is 1. The minimum atomic E-state index is -0.911. The lowest BCUT2D eigenvalue weighted by Crippen LogP contribution is -2.40. The van der Waals surface area contributed by atoms with E-state index in [4.69, 9.17) is 9.47 Å². The van der Waals surface area contributed by atoms with Crippen molar-refractivity contribution in [1.29, 1.82) is 0 Å². The van der Waals surface area contributed by atoms with E-state index < -0.39 is 5.41 Å². The Labute approximate surface area is 136 Å². The summed E-state index contributed by atoms with van der Waals surface area (Å²) in [7, 11) is 1.62. The van der Waals surface area contributed by atoms with Crippen LogP contribution in [-0.2, 0) is 14.3 Å². The zero-order valence-electron chi connectivity index (χ0n) is 13.7. The fourth-order valence-corrected chi connectivity index (χ4v) is 2.32. The first-order chi connectivity index (χ1) is 11.1. The molecule has 1 fully saturated rings.